The number of imidazole rings is 1. The third-order valence-electron chi connectivity index (χ3n) is 5.58. The van der Waals surface area contributed by atoms with Crippen molar-refractivity contribution in [3.8, 4) is 11.3 Å². The number of halogens is 1. The molecule has 0 spiro atoms. The van der Waals surface area contributed by atoms with Gasteiger partial charge in [0.25, 0.3) is 5.91 Å². The Kier molecular flexibility index (Phi) is 7.69. The summed E-state index contributed by atoms with van der Waals surface area (Å²) in [5.41, 5.74) is 1.48. The Morgan fingerprint density at radius 2 is 1.94 bits per heavy atom. The SMILES string of the molecule is CCC(=O)CCCCC[C@H](NC(=O)c1nc2cccnn2c1Cl)c1ncc(-c2ccccc2)o1. The van der Waals surface area contributed by atoms with Crippen molar-refractivity contribution in [2.24, 2.45) is 0 Å². The molecule has 4 rings (SSSR count). The van der Waals surface area contributed by atoms with E-state index < -0.39 is 11.9 Å². The number of rotatable bonds is 11. The summed E-state index contributed by atoms with van der Waals surface area (Å²) in [5.74, 6) is 0.870. The average Bonchev–Trinajstić information content (AvgIpc) is 3.49. The second-order valence-electron chi connectivity index (χ2n) is 7.99. The number of unbranched alkanes of at least 4 members (excludes halogenated alkanes) is 2. The molecule has 0 saturated heterocycles. The number of oxazole rings is 1. The van der Waals surface area contributed by atoms with Gasteiger partial charge in [0.05, 0.1) is 6.20 Å². The fourth-order valence-electron chi connectivity index (χ4n) is 3.70. The smallest absolute Gasteiger partial charge is 0.273 e. The second kappa shape index (κ2) is 11.1. The van der Waals surface area contributed by atoms with Crippen LogP contribution in [0.3, 0.4) is 0 Å². The molecule has 3 heterocycles. The lowest BCUT2D eigenvalue weighted by atomic mass is 10.0. The van der Waals surface area contributed by atoms with Gasteiger partial charge in [-0.2, -0.15) is 5.10 Å². The minimum Gasteiger partial charge on any atom is -0.438 e. The quantitative estimate of drug-likeness (QED) is 0.287. The van der Waals surface area contributed by atoms with Crippen LogP contribution in [-0.2, 0) is 4.79 Å². The normalized spacial score (nSPS) is 12.1. The molecule has 8 nitrogen and oxygen atoms in total. The average molecular weight is 480 g/mol. The molecular weight excluding hydrogens is 454 g/mol. The Labute approximate surface area is 202 Å². The highest BCUT2D eigenvalue weighted by atomic mass is 35.5. The van der Waals surface area contributed by atoms with Crippen LogP contribution in [0.5, 0.6) is 0 Å². The highest BCUT2D eigenvalue weighted by Crippen LogP contribution is 2.27. The first-order valence-electron chi connectivity index (χ1n) is 11.4. The zero-order valence-corrected chi connectivity index (χ0v) is 19.7. The van der Waals surface area contributed by atoms with Crippen molar-refractivity contribution in [3.63, 3.8) is 0 Å². The van der Waals surface area contributed by atoms with Gasteiger partial charge in [-0.3, -0.25) is 9.59 Å². The Morgan fingerprint density at radius 3 is 2.71 bits per heavy atom. The Balaban J connectivity index is 1.51. The van der Waals surface area contributed by atoms with E-state index in [0.717, 1.165) is 24.8 Å². The monoisotopic (exact) mass is 479 g/mol. The number of carbonyl (C=O) groups excluding carboxylic acids is 2. The molecule has 4 aromatic rings. The number of hydrogen-bond acceptors (Lipinski definition) is 6. The molecule has 0 radical (unpaired) electrons. The van der Waals surface area contributed by atoms with Crippen LogP contribution in [0, 0.1) is 0 Å². The van der Waals surface area contributed by atoms with E-state index in [9.17, 15) is 9.59 Å². The summed E-state index contributed by atoms with van der Waals surface area (Å²) >= 11 is 6.36. The Bertz CT molecular complexity index is 1270. The number of nitrogens with zero attached hydrogens (tertiary/aromatic N) is 4. The van der Waals surface area contributed by atoms with Crippen LogP contribution in [-0.4, -0.2) is 31.3 Å². The molecular formula is C25H26ClN5O3. The fourth-order valence-corrected chi connectivity index (χ4v) is 3.96. The molecule has 1 aromatic carbocycles. The van der Waals surface area contributed by atoms with Gasteiger partial charge >= 0.3 is 0 Å². The third-order valence-corrected chi connectivity index (χ3v) is 5.92. The lowest BCUT2D eigenvalue weighted by Gasteiger charge is -2.15. The summed E-state index contributed by atoms with van der Waals surface area (Å²) in [6.07, 6.45) is 7.45. The second-order valence-corrected chi connectivity index (χ2v) is 8.35. The van der Waals surface area contributed by atoms with Gasteiger partial charge in [-0.05, 0) is 25.0 Å². The molecule has 1 atom stereocenters. The van der Waals surface area contributed by atoms with Gasteiger partial charge in [-0.15, -0.1) is 0 Å². The van der Waals surface area contributed by atoms with Crippen molar-refractivity contribution in [2.75, 3.05) is 0 Å². The molecule has 3 aromatic heterocycles. The van der Waals surface area contributed by atoms with E-state index in [1.807, 2.05) is 37.3 Å². The zero-order valence-electron chi connectivity index (χ0n) is 18.9. The van der Waals surface area contributed by atoms with Crippen LogP contribution >= 0.6 is 11.6 Å². The van der Waals surface area contributed by atoms with E-state index in [1.54, 1.807) is 24.5 Å². The van der Waals surface area contributed by atoms with Gasteiger partial charge in [0, 0.05) is 24.6 Å². The first kappa shape index (κ1) is 23.6. The molecule has 1 N–H and O–H groups in total. The highest BCUT2D eigenvalue weighted by molar-refractivity contribution is 6.32. The highest BCUT2D eigenvalue weighted by Gasteiger charge is 2.25. The summed E-state index contributed by atoms with van der Waals surface area (Å²) in [7, 11) is 0. The molecule has 0 aliphatic rings. The van der Waals surface area contributed by atoms with Crippen molar-refractivity contribution in [2.45, 2.75) is 51.5 Å². The maximum Gasteiger partial charge on any atom is 0.273 e. The number of benzene rings is 1. The molecule has 176 valence electrons. The molecule has 1 amide bonds. The molecule has 0 aliphatic heterocycles. The van der Waals surface area contributed by atoms with Crippen LogP contribution in [0.4, 0.5) is 0 Å². The number of carbonyl (C=O) groups is 2. The van der Waals surface area contributed by atoms with E-state index in [-0.39, 0.29) is 16.6 Å². The summed E-state index contributed by atoms with van der Waals surface area (Å²) in [5, 5.41) is 7.25. The number of Topliss-reactive ketones (excluding diaryl/α,β-unsaturated/α-hetero) is 1. The van der Waals surface area contributed by atoms with E-state index in [2.05, 4.69) is 20.4 Å². The van der Waals surface area contributed by atoms with Crippen LogP contribution in [0.25, 0.3) is 17.0 Å². The minimum atomic E-state index is -0.472. The third kappa shape index (κ3) is 5.51. The predicted molar refractivity (Wildman–Crippen MR) is 129 cm³/mol. The largest absolute Gasteiger partial charge is 0.438 e. The Morgan fingerprint density at radius 1 is 1.12 bits per heavy atom. The van der Waals surface area contributed by atoms with Gasteiger partial charge in [0.2, 0.25) is 5.89 Å². The molecule has 0 aliphatic carbocycles. The zero-order chi connectivity index (χ0) is 23.9. The number of amides is 1. The maximum absolute atomic E-state index is 13.1. The summed E-state index contributed by atoms with van der Waals surface area (Å²) in [6.45, 7) is 1.88. The molecule has 9 heteroatoms. The van der Waals surface area contributed by atoms with E-state index in [0.29, 0.717) is 36.6 Å². The lowest BCUT2D eigenvalue weighted by Crippen LogP contribution is -2.29. The van der Waals surface area contributed by atoms with Crippen LogP contribution in [0.15, 0.2) is 59.3 Å². The topological polar surface area (TPSA) is 102 Å². The van der Waals surface area contributed by atoms with Crippen molar-refractivity contribution in [1.29, 1.82) is 0 Å². The van der Waals surface area contributed by atoms with Crippen LogP contribution in [0.1, 0.15) is 67.9 Å². The molecule has 0 bridgehead atoms. The first-order chi connectivity index (χ1) is 16.6. The van der Waals surface area contributed by atoms with E-state index >= 15 is 0 Å². The number of hydrogen-bond donors (Lipinski definition) is 1. The summed E-state index contributed by atoms with van der Waals surface area (Å²) in [4.78, 5) is 33.4. The van der Waals surface area contributed by atoms with Gasteiger partial charge < -0.3 is 9.73 Å². The molecule has 0 saturated carbocycles. The Hall–Kier alpha value is -3.52. The van der Waals surface area contributed by atoms with E-state index in [1.165, 1.54) is 4.52 Å². The number of ketones is 1. The van der Waals surface area contributed by atoms with Crippen molar-refractivity contribution in [3.05, 3.63) is 71.6 Å². The summed E-state index contributed by atoms with van der Waals surface area (Å²) < 4.78 is 7.43. The predicted octanol–water partition coefficient (Wildman–Crippen LogP) is 5.44. The number of nitrogens with one attached hydrogen (secondary N) is 1. The summed E-state index contributed by atoms with van der Waals surface area (Å²) in [6, 6.07) is 12.6. The molecule has 0 unspecified atom stereocenters. The standard InChI is InChI=1S/C25H26ClN5O3/c1-2-18(32)12-7-4-8-13-19(25-27-16-20(34-25)17-10-5-3-6-11-17)29-24(33)22-23(26)31-21(30-22)14-9-15-28-31/h3,5-6,9-11,14-16,19H,2,4,7-8,12-13H2,1H3,(H,29,33)/t19-/m0/s1. The number of fused-ring (bicyclic) bond motifs is 1. The van der Waals surface area contributed by atoms with Crippen molar-refractivity contribution < 1.29 is 14.0 Å². The molecule has 34 heavy (non-hydrogen) atoms. The van der Waals surface area contributed by atoms with Crippen molar-refractivity contribution in [1.82, 2.24) is 24.9 Å². The van der Waals surface area contributed by atoms with Gasteiger partial charge in [-0.25, -0.2) is 14.5 Å². The van der Waals surface area contributed by atoms with Crippen LogP contribution in [0.2, 0.25) is 5.15 Å². The van der Waals surface area contributed by atoms with Gasteiger partial charge in [0.15, 0.2) is 22.3 Å². The lowest BCUT2D eigenvalue weighted by molar-refractivity contribution is -0.118. The maximum atomic E-state index is 13.1. The first-order valence-corrected chi connectivity index (χ1v) is 11.8. The van der Waals surface area contributed by atoms with Gasteiger partial charge in [0.1, 0.15) is 11.8 Å². The van der Waals surface area contributed by atoms with Crippen LogP contribution < -0.4 is 5.32 Å². The van der Waals surface area contributed by atoms with E-state index in [4.69, 9.17) is 16.0 Å². The fraction of sp³-hybridized carbons (Fsp3) is 0.320. The van der Waals surface area contributed by atoms with Gasteiger partial charge in [-0.1, -0.05) is 61.7 Å². The molecule has 0 fully saturated rings. The number of aromatic nitrogens is 4. The minimum absolute atomic E-state index is 0.0914. The van der Waals surface area contributed by atoms with Crippen molar-refractivity contribution >= 4 is 28.9 Å².